The van der Waals surface area contributed by atoms with Gasteiger partial charge < -0.3 is 9.97 Å². The highest BCUT2D eigenvalue weighted by Gasteiger charge is 2.29. The summed E-state index contributed by atoms with van der Waals surface area (Å²) in [5.41, 5.74) is 20.3. The third kappa shape index (κ3) is 4.99. The zero-order valence-electron chi connectivity index (χ0n) is 28.7. The van der Waals surface area contributed by atoms with Crippen molar-refractivity contribution in [2.45, 2.75) is 13.3 Å². The number of fused-ring (bicyclic) bond motifs is 10. The molecule has 2 N–H and O–H groups in total. The summed E-state index contributed by atoms with van der Waals surface area (Å²) in [6.07, 6.45) is 7.49. The van der Waals surface area contributed by atoms with Gasteiger partial charge in [0.15, 0.2) is 0 Å². The maximum absolute atomic E-state index is 5.66. The van der Waals surface area contributed by atoms with Crippen LogP contribution in [0.1, 0.15) is 36.1 Å². The van der Waals surface area contributed by atoms with Gasteiger partial charge in [-0.05, 0) is 77.6 Å². The molecule has 3 aromatic heterocycles. The number of aromatic nitrogens is 4. The Morgan fingerprint density at radius 2 is 0.808 bits per heavy atom. The summed E-state index contributed by atoms with van der Waals surface area (Å²) in [5, 5.41) is 0. The van der Waals surface area contributed by atoms with Crippen LogP contribution in [0, 0.1) is 0 Å². The highest BCUT2D eigenvalue weighted by Crippen LogP contribution is 2.48. The van der Waals surface area contributed by atoms with E-state index in [2.05, 4.69) is 181 Å². The summed E-state index contributed by atoms with van der Waals surface area (Å²) in [5.74, 6) is 0. The monoisotopic (exact) mass is 666 g/mol. The first-order valence-electron chi connectivity index (χ1n) is 17.8. The van der Waals surface area contributed by atoms with Gasteiger partial charge >= 0.3 is 0 Å². The molecule has 0 spiro atoms. The van der Waals surface area contributed by atoms with Gasteiger partial charge in [-0.2, -0.15) is 0 Å². The Balaban J connectivity index is 1.44. The standard InChI is InChI=1S/C48H34N4/c1-30-28-35-36(29-30)48-46(34-20-12-5-13-21-34)42-27-25-40(51-42)44(32-16-8-3-9-17-32)38-23-22-37(49-38)43(31-14-6-2-7-15-31)39-24-26-41(50-39)45(47(35)52-48)33-18-10-4-11-19-33/h2-28,50-51H,29H2,1H3. The summed E-state index contributed by atoms with van der Waals surface area (Å²) in [6.45, 7) is 2.23. The molecule has 4 aromatic carbocycles. The predicted molar refractivity (Wildman–Crippen MR) is 217 cm³/mol. The van der Waals surface area contributed by atoms with Crippen molar-refractivity contribution in [2.24, 2.45) is 0 Å². The molecule has 2 aliphatic heterocycles. The molecule has 246 valence electrons. The largest absolute Gasteiger partial charge is 0.354 e. The third-order valence-corrected chi connectivity index (χ3v) is 10.3. The first-order valence-corrected chi connectivity index (χ1v) is 17.8. The van der Waals surface area contributed by atoms with Gasteiger partial charge in [-0.3, -0.25) is 0 Å². The molecule has 10 rings (SSSR count). The number of hydrogen-bond donors (Lipinski definition) is 2. The van der Waals surface area contributed by atoms with Crippen LogP contribution in [0.25, 0.3) is 89.9 Å². The van der Waals surface area contributed by atoms with E-state index in [4.69, 9.17) is 9.97 Å². The average Bonchev–Trinajstić information content (AvgIpc) is 4.04. The third-order valence-electron chi connectivity index (χ3n) is 10.3. The normalized spacial score (nSPS) is 13.4. The smallest absolute Gasteiger partial charge is 0.0812 e. The van der Waals surface area contributed by atoms with Crippen molar-refractivity contribution in [3.05, 3.63) is 180 Å². The van der Waals surface area contributed by atoms with Crippen molar-refractivity contribution in [3.63, 3.8) is 0 Å². The lowest BCUT2D eigenvalue weighted by Gasteiger charge is -2.09. The Hall–Kier alpha value is -6.78. The van der Waals surface area contributed by atoms with Gasteiger partial charge in [0.25, 0.3) is 0 Å². The zero-order chi connectivity index (χ0) is 34.6. The molecule has 52 heavy (non-hydrogen) atoms. The second-order valence-electron chi connectivity index (χ2n) is 13.6. The molecule has 0 fully saturated rings. The van der Waals surface area contributed by atoms with Crippen LogP contribution >= 0.6 is 0 Å². The van der Waals surface area contributed by atoms with Gasteiger partial charge in [-0.25, -0.2) is 9.97 Å². The van der Waals surface area contributed by atoms with Crippen molar-refractivity contribution in [2.75, 3.05) is 0 Å². The molecule has 4 nitrogen and oxygen atoms in total. The summed E-state index contributed by atoms with van der Waals surface area (Å²) in [6, 6.07) is 51.3. The van der Waals surface area contributed by atoms with E-state index in [1.165, 1.54) is 16.7 Å². The van der Waals surface area contributed by atoms with Gasteiger partial charge in [0.05, 0.1) is 22.8 Å². The summed E-state index contributed by atoms with van der Waals surface area (Å²) < 4.78 is 0. The molecule has 1 aliphatic carbocycles. The van der Waals surface area contributed by atoms with E-state index >= 15 is 0 Å². The van der Waals surface area contributed by atoms with E-state index in [1.54, 1.807) is 0 Å². The van der Waals surface area contributed by atoms with Gasteiger partial charge in [0, 0.05) is 49.9 Å². The van der Waals surface area contributed by atoms with Gasteiger partial charge in [0.1, 0.15) is 0 Å². The van der Waals surface area contributed by atoms with Crippen LogP contribution in [0.5, 0.6) is 0 Å². The van der Waals surface area contributed by atoms with Crippen LogP contribution in [-0.2, 0) is 0 Å². The molecule has 7 aromatic rings. The Labute approximate surface area is 302 Å². The maximum atomic E-state index is 5.66. The number of allylic oxidation sites excluding steroid dienone is 4. The molecule has 0 unspecified atom stereocenters. The highest BCUT2D eigenvalue weighted by atomic mass is 14.8. The Morgan fingerprint density at radius 1 is 0.423 bits per heavy atom. The Bertz CT molecular complexity index is 2780. The molecule has 8 bridgehead atoms. The van der Waals surface area contributed by atoms with Crippen molar-refractivity contribution in [1.82, 2.24) is 19.9 Å². The molecule has 3 aliphatic rings. The molecule has 0 radical (unpaired) electrons. The predicted octanol–water partition coefficient (Wildman–Crippen LogP) is 12.4. The van der Waals surface area contributed by atoms with E-state index in [1.807, 2.05) is 0 Å². The fourth-order valence-electron chi connectivity index (χ4n) is 7.97. The van der Waals surface area contributed by atoms with Crippen molar-refractivity contribution in [3.8, 4) is 44.5 Å². The van der Waals surface area contributed by atoms with Crippen LogP contribution in [0.4, 0.5) is 0 Å². The number of aromatic amines is 2. The second kappa shape index (κ2) is 12.2. The average molecular weight is 667 g/mol. The molecule has 0 amide bonds. The number of nitrogens with one attached hydrogen (secondary N) is 2. The quantitative estimate of drug-likeness (QED) is 0.196. The molecule has 0 saturated carbocycles. The first kappa shape index (κ1) is 30.1. The number of hydrogen-bond acceptors (Lipinski definition) is 2. The Morgan fingerprint density at radius 3 is 1.25 bits per heavy atom. The minimum atomic E-state index is 0.854. The molecule has 5 heterocycles. The van der Waals surface area contributed by atoms with Crippen molar-refractivity contribution in [1.29, 1.82) is 0 Å². The van der Waals surface area contributed by atoms with Gasteiger partial charge in [0.2, 0.25) is 0 Å². The summed E-state index contributed by atoms with van der Waals surface area (Å²) in [4.78, 5) is 18.8. The molecule has 0 saturated heterocycles. The van der Waals surface area contributed by atoms with Gasteiger partial charge in [-0.15, -0.1) is 0 Å². The molecular weight excluding hydrogens is 633 g/mol. The number of H-pyrrole nitrogens is 2. The number of rotatable bonds is 4. The van der Waals surface area contributed by atoms with Gasteiger partial charge in [-0.1, -0.05) is 133 Å². The van der Waals surface area contributed by atoms with E-state index in [-0.39, 0.29) is 0 Å². The zero-order valence-corrected chi connectivity index (χ0v) is 28.7. The summed E-state index contributed by atoms with van der Waals surface area (Å²) in [7, 11) is 0. The van der Waals surface area contributed by atoms with Crippen LogP contribution in [0.15, 0.2) is 157 Å². The lowest BCUT2D eigenvalue weighted by atomic mass is 9.96. The highest BCUT2D eigenvalue weighted by molar-refractivity contribution is 6.10. The topological polar surface area (TPSA) is 57.4 Å². The SMILES string of the molecule is CC1=CC2=C(C1)c1nc2c(-c2ccccc2)c2ccc([nH]2)c(-c2ccccc2)c2nc(c(-c3ccccc3)c3ccc([nH]3)c1-c1ccccc1)C=C2. The van der Waals surface area contributed by atoms with Crippen LogP contribution in [0.2, 0.25) is 0 Å². The minimum Gasteiger partial charge on any atom is -0.354 e. The molecular formula is C48H34N4. The first-order chi connectivity index (χ1) is 25.7. The number of nitrogens with zero attached hydrogens (tertiary/aromatic N) is 2. The minimum absolute atomic E-state index is 0.854. The molecule has 4 heteroatoms. The van der Waals surface area contributed by atoms with Crippen LogP contribution in [0.3, 0.4) is 0 Å². The summed E-state index contributed by atoms with van der Waals surface area (Å²) >= 11 is 0. The maximum Gasteiger partial charge on any atom is 0.0812 e. The van der Waals surface area contributed by atoms with Crippen LogP contribution in [-0.4, -0.2) is 19.9 Å². The van der Waals surface area contributed by atoms with E-state index in [0.717, 1.165) is 95.8 Å². The van der Waals surface area contributed by atoms with E-state index in [9.17, 15) is 0 Å². The Kier molecular flexibility index (Phi) is 7.07. The lowest BCUT2D eigenvalue weighted by molar-refractivity contribution is 1.21. The van der Waals surface area contributed by atoms with E-state index in [0.29, 0.717) is 0 Å². The fourth-order valence-corrected chi connectivity index (χ4v) is 7.97. The molecule has 0 atom stereocenters. The van der Waals surface area contributed by atoms with Crippen LogP contribution < -0.4 is 0 Å². The van der Waals surface area contributed by atoms with Crippen molar-refractivity contribution >= 4 is 45.4 Å². The second-order valence-corrected chi connectivity index (χ2v) is 13.6. The van der Waals surface area contributed by atoms with E-state index < -0.39 is 0 Å². The fraction of sp³-hybridized carbons (Fsp3) is 0.0417. The van der Waals surface area contributed by atoms with Crippen molar-refractivity contribution < 1.29 is 0 Å². The lowest BCUT2D eigenvalue weighted by Crippen LogP contribution is -1.92. The number of benzene rings is 4.